The van der Waals surface area contributed by atoms with Crippen molar-refractivity contribution in [1.29, 1.82) is 0 Å². The average molecular weight is 291 g/mol. The lowest BCUT2D eigenvalue weighted by molar-refractivity contribution is 0.0711. The van der Waals surface area contributed by atoms with Crippen LogP contribution in [0, 0.1) is 6.92 Å². The van der Waals surface area contributed by atoms with E-state index in [-0.39, 0.29) is 6.10 Å². The fourth-order valence-corrected chi connectivity index (χ4v) is 1.53. The van der Waals surface area contributed by atoms with E-state index in [4.69, 9.17) is 9.47 Å². The molecule has 0 fully saturated rings. The molecule has 0 aromatic carbocycles. The van der Waals surface area contributed by atoms with Crippen molar-refractivity contribution in [2.24, 2.45) is 4.99 Å². The highest BCUT2D eigenvalue weighted by atomic mass is 16.5. The second-order valence-corrected chi connectivity index (χ2v) is 4.83. The van der Waals surface area contributed by atoms with Crippen molar-refractivity contribution in [3.8, 4) is 5.88 Å². The molecule has 0 saturated heterocycles. The van der Waals surface area contributed by atoms with Crippen LogP contribution in [0.15, 0.2) is 29.8 Å². The van der Waals surface area contributed by atoms with Gasteiger partial charge in [-0.25, -0.2) is 9.98 Å². The highest BCUT2D eigenvalue weighted by Gasteiger charge is 2.07. The summed E-state index contributed by atoms with van der Waals surface area (Å²) in [5.41, 5.74) is 1.69. The molecule has 1 heterocycles. The summed E-state index contributed by atoms with van der Waals surface area (Å²) in [7, 11) is 1.98. The summed E-state index contributed by atoms with van der Waals surface area (Å²) in [6.07, 6.45) is 3.46. The summed E-state index contributed by atoms with van der Waals surface area (Å²) >= 11 is 0. The summed E-state index contributed by atoms with van der Waals surface area (Å²) in [5.74, 6) is 0.588. The van der Waals surface area contributed by atoms with Gasteiger partial charge in [0.15, 0.2) is 0 Å². The second kappa shape index (κ2) is 9.13. The molecule has 5 heteroatoms. The van der Waals surface area contributed by atoms with Crippen LogP contribution in [0.3, 0.4) is 0 Å². The summed E-state index contributed by atoms with van der Waals surface area (Å²) in [4.78, 5) is 10.8. The molecule has 0 bridgehead atoms. The molecule has 0 amide bonds. The molecule has 0 aliphatic carbocycles. The molecule has 0 spiro atoms. The van der Waals surface area contributed by atoms with Gasteiger partial charge in [0, 0.05) is 19.7 Å². The van der Waals surface area contributed by atoms with E-state index in [9.17, 15) is 0 Å². The van der Waals surface area contributed by atoms with Gasteiger partial charge < -0.3 is 14.4 Å². The average Bonchev–Trinajstić information content (AvgIpc) is 2.46. The minimum Gasteiger partial charge on any atom is -0.472 e. The zero-order valence-electron chi connectivity index (χ0n) is 13.4. The minimum atomic E-state index is -0.0579. The van der Waals surface area contributed by atoms with Crippen LogP contribution < -0.4 is 4.74 Å². The van der Waals surface area contributed by atoms with Crippen LogP contribution in [-0.4, -0.2) is 49.1 Å². The van der Waals surface area contributed by atoms with Gasteiger partial charge in [-0.15, -0.1) is 6.58 Å². The third-order valence-corrected chi connectivity index (χ3v) is 2.84. The summed E-state index contributed by atoms with van der Waals surface area (Å²) in [6.45, 7) is 11.5. The molecule has 0 aliphatic rings. The highest BCUT2D eigenvalue weighted by Crippen LogP contribution is 2.20. The number of aliphatic imine (C=N–C) groups is 1. The standard InChI is InChI=1S/C16H25N3O2/c1-6-10-20-11-13(3)21-16-9-8-15(14(4)18-16)17-12-19(5)7-2/h6,8-9,12-13H,1,7,10-11H2,2-5H3/t13-/m0/s1. The maximum absolute atomic E-state index is 5.71. The van der Waals surface area contributed by atoms with E-state index in [2.05, 4.69) is 23.5 Å². The smallest absolute Gasteiger partial charge is 0.213 e. The number of aromatic nitrogens is 1. The van der Waals surface area contributed by atoms with Crippen molar-refractivity contribution in [2.75, 3.05) is 26.8 Å². The summed E-state index contributed by atoms with van der Waals surface area (Å²) in [6, 6.07) is 3.74. The topological polar surface area (TPSA) is 47.0 Å². The zero-order valence-corrected chi connectivity index (χ0v) is 13.4. The van der Waals surface area contributed by atoms with Crippen LogP contribution in [0.5, 0.6) is 5.88 Å². The van der Waals surface area contributed by atoms with Crippen LogP contribution in [-0.2, 0) is 4.74 Å². The van der Waals surface area contributed by atoms with E-state index >= 15 is 0 Å². The Labute approximate surface area is 127 Å². The molecule has 21 heavy (non-hydrogen) atoms. The molecule has 116 valence electrons. The van der Waals surface area contributed by atoms with Crippen LogP contribution in [0.25, 0.3) is 0 Å². The highest BCUT2D eigenvalue weighted by molar-refractivity contribution is 5.62. The molecule has 0 saturated carbocycles. The van der Waals surface area contributed by atoms with Gasteiger partial charge >= 0.3 is 0 Å². The van der Waals surface area contributed by atoms with Crippen molar-refractivity contribution in [3.05, 3.63) is 30.5 Å². The number of hydrogen-bond acceptors (Lipinski definition) is 4. The van der Waals surface area contributed by atoms with Gasteiger partial charge in [0.25, 0.3) is 0 Å². The Hall–Kier alpha value is -1.88. The molecule has 5 nitrogen and oxygen atoms in total. The monoisotopic (exact) mass is 291 g/mol. The Morgan fingerprint density at radius 2 is 2.24 bits per heavy atom. The summed E-state index contributed by atoms with van der Waals surface area (Å²) < 4.78 is 11.1. The van der Waals surface area contributed by atoms with E-state index in [0.29, 0.717) is 19.1 Å². The fourth-order valence-electron chi connectivity index (χ4n) is 1.53. The van der Waals surface area contributed by atoms with Gasteiger partial charge in [0.2, 0.25) is 5.88 Å². The molecule has 1 aromatic heterocycles. The normalized spacial score (nSPS) is 12.4. The van der Waals surface area contributed by atoms with E-state index in [1.54, 1.807) is 12.4 Å². The van der Waals surface area contributed by atoms with Gasteiger partial charge in [-0.05, 0) is 26.8 Å². The Morgan fingerprint density at radius 3 is 2.86 bits per heavy atom. The summed E-state index contributed by atoms with van der Waals surface area (Å²) in [5, 5.41) is 0. The van der Waals surface area contributed by atoms with Gasteiger partial charge in [0.05, 0.1) is 30.9 Å². The first-order valence-electron chi connectivity index (χ1n) is 7.14. The van der Waals surface area contributed by atoms with Gasteiger partial charge in [-0.2, -0.15) is 0 Å². The molecule has 1 atom stereocenters. The fraction of sp³-hybridized carbons (Fsp3) is 0.500. The number of aryl methyl sites for hydroxylation is 1. The van der Waals surface area contributed by atoms with Crippen LogP contribution in [0.1, 0.15) is 19.5 Å². The largest absolute Gasteiger partial charge is 0.472 e. The number of pyridine rings is 1. The molecule has 0 radical (unpaired) electrons. The first kappa shape index (κ1) is 17.2. The third-order valence-electron chi connectivity index (χ3n) is 2.84. The van der Waals surface area contributed by atoms with Gasteiger partial charge in [0.1, 0.15) is 6.10 Å². The molecule has 1 aromatic rings. The number of rotatable bonds is 9. The van der Waals surface area contributed by atoms with E-state index in [1.807, 2.05) is 37.9 Å². The molecule has 0 unspecified atom stereocenters. The van der Waals surface area contributed by atoms with Crippen molar-refractivity contribution in [1.82, 2.24) is 9.88 Å². The quantitative estimate of drug-likeness (QED) is 0.304. The lowest BCUT2D eigenvalue weighted by Crippen LogP contribution is -2.19. The van der Waals surface area contributed by atoms with E-state index in [0.717, 1.165) is 17.9 Å². The lowest BCUT2D eigenvalue weighted by atomic mass is 10.3. The Morgan fingerprint density at radius 1 is 1.48 bits per heavy atom. The van der Waals surface area contributed by atoms with Crippen molar-refractivity contribution in [3.63, 3.8) is 0 Å². The van der Waals surface area contributed by atoms with E-state index in [1.165, 1.54) is 0 Å². The predicted octanol–water partition coefficient (Wildman–Crippen LogP) is 2.97. The maximum atomic E-state index is 5.71. The zero-order chi connectivity index (χ0) is 15.7. The van der Waals surface area contributed by atoms with Crippen molar-refractivity contribution in [2.45, 2.75) is 26.9 Å². The molecular formula is C16H25N3O2. The maximum Gasteiger partial charge on any atom is 0.213 e. The number of hydrogen-bond donors (Lipinski definition) is 0. The van der Waals surface area contributed by atoms with E-state index < -0.39 is 0 Å². The minimum absolute atomic E-state index is 0.0579. The first-order valence-corrected chi connectivity index (χ1v) is 7.14. The van der Waals surface area contributed by atoms with Crippen LogP contribution in [0.4, 0.5) is 5.69 Å². The molecular weight excluding hydrogens is 266 g/mol. The van der Waals surface area contributed by atoms with Crippen molar-refractivity contribution >= 4 is 12.0 Å². The molecule has 0 aliphatic heterocycles. The van der Waals surface area contributed by atoms with Crippen LogP contribution >= 0.6 is 0 Å². The second-order valence-electron chi connectivity index (χ2n) is 4.83. The Kier molecular flexibility index (Phi) is 7.46. The van der Waals surface area contributed by atoms with Crippen molar-refractivity contribution < 1.29 is 9.47 Å². The van der Waals surface area contributed by atoms with Crippen LogP contribution in [0.2, 0.25) is 0 Å². The van der Waals surface area contributed by atoms with Gasteiger partial charge in [-0.1, -0.05) is 6.08 Å². The SMILES string of the molecule is C=CCOC[C@H](C)Oc1ccc(N=CN(C)CC)c(C)n1. The third kappa shape index (κ3) is 6.40. The Balaban J connectivity index is 2.61. The molecule has 0 N–H and O–H groups in total. The lowest BCUT2D eigenvalue weighted by Gasteiger charge is -2.14. The first-order chi connectivity index (χ1) is 10.1. The molecule has 1 rings (SSSR count). The number of nitrogens with zero attached hydrogens (tertiary/aromatic N) is 3. The van der Waals surface area contributed by atoms with Gasteiger partial charge in [-0.3, -0.25) is 0 Å². The predicted molar refractivity (Wildman–Crippen MR) is 86.5 cm³/mol. The number of ether oxygens (including phenoxy) is 2. The Bertz CT molecular complexity index is 475.